The molecule has 0 amide bonds. The van der Waals surface area contributed by atoms with Crippen LogP contribution in [0.1, 0.15) is 83.2 Å². The third-order valence-electron chi connectivity index (χ3n) is 8.09. The zero-order chi connectivity index (χ0) is 26.0. The van der Waals surface area contributed by atoms with Crippen molar-refractivity contribution in [2.75, 3.05) is 4.72 Å². The van der Waals surface area contributed by atoms with E-state index in [1.807, 2.05) is 0 Å². The van der Waals surface area contributed by atoms with E-state index in [0.717, 1.165) is 38.5 Å². The Morgan fingerprint density at radius 3 is 2.73 bits per heavy atom. The lowest BCUT2D eigenvalue weighted by molar-refractivity contribution is 0.0447. The molecule has 1 N–H and O–H groups in total. The molecule has 3 aromatic rings. The van der Waals surface area contributed by atoms with Crippen LogP contribution in [0, 0.1) is 22.6 Å². The molecule has 2 aromatic carbocycles. The lowest BCUT2D eigenvalue weighted by Gasteiger charge is -2.48. The fourth-order valence-corrected chi connectivity index (χ4v) is 6.93. The molecule has 0 bridgehead atoms. The van der Waals surface area contributed by atoms with Crippen molar-refractivity contribution in [3.8, 4) is 17.6 Å². The Morgan fingerprint density at radius 1 is 1.24 bits per heavy atom. The van der Waals surface area contributed by atoms with E-state index in [-0.39, 0.29) is 22.9 Å². The molecule has 0 saturated heterocycles. The highest BCUT2D eigenvalue weighted by Gasteiger charge is 2.43. The highest BCUT2D eigenvalue weighted by Crippen LogP contribution is 2.53. The van der Waals surface area contributed by atoms with Crippen molar-refractivity contribution >= 4 is 28.5 Å². The molecule has 0 radical (unpaired) electrons. The van der Waals surface area contributed by atoms with Crippen LogP contribution in [-0.4, -0.2) is 14.8 Å². The molecule has 0 spiro atoms. The summed E-state index contributed by atoms with van der Waals surface area (Å²) in [5, 5.41) is 10.7. The Bertz CT molecular complexity index is 1390. The number of fused-ring (bicyclic) bond motifs is 1. The van der Waals surface area contributed by atoms with Crippen LogP contribution in [0.5, 0.6) is 11.5 Å². The zero-order valence-corrected chi connectivity index (χ0v) is 22.2. The van der Waals surface area contributed by atoms with Gasteiger partial charge in [-0.05, 0) is 79.8 Å². The average molecular weight is 521 g/mol. The Morgan fingerprint density at radius 2 is 2.03 bits per heavy atom. The standard InChI is InChI=1S/C29H33FN4O2S/c1-3-13-29(4-2)15-19(16-29)34-18-32-25-11-9-20(14-22(25)28(34)35)36-27-23(17-31)26(12-10-24(27)30)33-37-21-7-5-6-8-21/h9-12,14,18-19,21,33H,3-8,13,15-16H2,1-2H3. The van der Waals surface area contributed by atoms with Gasteiger partial charge in [-0.1, -0.05) is 39.5 Å². The van der Waals surface area contributed by atoms with E-state index in [4.69, 9.17) is 4.74 Å². The molecule has 0 unspecified atom stereocenters. The minimum atomic E-state index is -0.627. The Hall–Kier alpha value is -3.05. The summed E-state index contributed by atoms with van der Waals surface area (Å²) in [6.45, 7) is 4.43. The van der Waals surface area contributed by atoms with Crippen LogP contribution in [0.3, 0.4) is 0 Å². The highest BCUT2D eigenvalue weighted by atomic mass is 32.2. The van der Waals surface area contributed by atoms with E-state index in [9.17, 15) is 14.4 Å². The molecule has 194 valence electrons. The van der Waals surface area contributed by atoms with Crippen LogP contribution in [0.2, 0.25) is 0 Å². The van der Waals surface area contributed by atoms with E-state index in [1.165, 1.54) is 25.3 Å². The molecule has 0 atom stereocenters. The molecule has 6 nitrogen and oxygen atoms in total. The van der Waals surface area contributed by atoms with Crippen molar-refractivity contribution < 1.29 is 9.13 Å². The minimum absolute atomic E-state index is 0.107. The number of nitrogens with zero attached hydrogens (tertiary/aromatic N) is 3. The van der Waals surface area contributed by atoms with Crippen LogP contribution < -0.4 is 15.0 Å². The summed E-state index contributed by atoms with van der Waals surface area (Å²) in [6.07, 6.45) is 11.7. The van der Waals surface area contributed by atoms with Gasteiger partial charge in [-0.25, -0.2) is 9.37 Å². The molecule has 0 aliphatic heterocycles. The first kappa shape index (κ1) is 25.6. The lowest BCUT2D eigenvalue weighted by atomic mass is 9.61. The Labute approximate surface area is 221 Å². The maximum Gasteiger partial charge on any atom is 0.261 e. The summed E-state index contributed by atoms with van der Waals surface area (Å²) in [7, 11) is 0. The Balaban J connectivity index is 1.41. The molecule has 37 heavy (non-hydrogen) atoms. The third-order valence-corrected chi connectivity index (χ3v) is 9.24. The fraction of sp³-hybridized carbons (Fsp3) is 0.483. The van der Waals surface area contributed by atoms with Crippen molar-refractivity contribution in [3.63, 3.8) is 0 Å². The summed E-state index contributed by atoms with van der Waals surface area (Å²) in [5.74, 6) is -0.477. The van der Waals surface area contributed by atoms with Gasteiger partial charge in [0.15, 0.2) is 11.6 Å². The average Bonchev–Trinajstić information content (AvgIpc) is 3.41. The predicted molar refractivity (Wildman–Crippen MR) is 147 cm³/mol. The molecule has 1 aromatic heterocycles. The van der Waals surface area contributed by atoms with Gasteiger partial charge in [0.2, 0.25) is 0 Å². The minimum Gasteiger partial charge on any atom is -0.453 e. The molecular weight excluding hydrogens is 487 g/mol. The van der Waals surface area contributed by atoms with Crippen LogP contribution >= 0.6 is 11.9 Å². The monoisotopic (exact) mass is 520 g/mol. The smallest absolute Gasteiger partial charge is 0.261 e. The van der Waals surface area contributed by atoms with Gasteiger partial charge in [0.1, 0.15) is 17.4 Å². The van der Waals surface area contributed by atoms with Crippen molar-refractivity contribution in [2.45, 2.75) is 82.9 Å². The van der Waals surface area contributed by atoms with E-state index >= 15 is 0 Å². The second-order valence-electron chi connectivity index (χ2n) is 10.4. The molecule has 5 rings (SSSR count). The zero-order valence-electron chi connectivity index (χ0n) is 21.4. The van der Waals surface area contributed by atoms with Gasteiger partial charge >= 0.3 is 0 Å². The van der Waals surface area contributed by atoms with Crippen molar-refractivity contribution in [1.82, 2.24) is 9.55 Å². The molecule has 1 heterocycles. The van der Waals surface area contributed by atoms with Crippen molar-refractivity contribution in [3.05, 3.63) is 58.4 Å². The molecule has 2 aliphatic rings. The van der Waals surface area contributed by atoms with Crippen LogP contribution in [-0.2, 0) is 0 Å². The number of benzene rings is 2. The first-order valence-electron chi connectivity index (χ1n) is 13.3. The molecular formula is C29H33FN4O2S. The first-order valence-corrected chi connectivity index (χ1v) is 14.2. The fourth-order valence-electron chi connectivity index (χ4n) is 5.90. The molecule has 2 aliphatic carbocycles. The van der Waals surface area contributed by atoms with Crippen LogP contribution in [0.4, 0.5) is 10.1 Å². The van der Waals surface area contributed by atoms with Gasteiger partial charge in [0, 0.05) is 11.3 Å². The number of nitrogens with one attached hydrogen (secondary N) is 1. The highest BCUT2D eigenvalue weighted by molar-refractivity contribution is 8.01. The van der Waals surface area contributed by atoms with E-state index in [2.05, 4.69) is 29.6 Å². The summed E-state index contributed by atoms with van der Waals surface area (Å²) in [6, 6.07) is 10.1. The molecule has 8 heteroatoms. The number of hydrogen-bond acceptors (Lipinski definition) is 6. The number of rotatable bonds is 9. The maximum absolute atomic E-state index is 14.8. The summed E-state index contributed by atoms with van der Waals surface area (Å²) >= 11 is 1.58. The van der Waals surface area contributed by atoms with Gasteiger partial charge in [-0.3, -0.25) is 9.36 Å². The quantitative estimate of drug-likeness (QED) is 0.291. The number of aromatic nitrogens is 2. The summed E-state index contributed by atoms with van der Waals surface area (Å²) in [4.78, 5) is 17.9. The van der Waals surface area contributed by atoms with Gasteiger partial charge in [-0.2, -0.15) is 5.26 Å². The van der Waals surface area contributed by atoms with Gasteiger partial charge in [-0.15, -0.1) is 0 Å². The van der Waals surface area contributed by atoms with Gasteiger partial charge in [0.25, 0.3) is 5.56 Å². The second kappa shape index (κ2) is 10.7. The van der Waals surface area contributed by atoms with Crippen LogP contribution in [0.15, 0.2) is 41.5 Å². The number of halogens is 1. The SMILES string of the molecule is CCCC1(CC)CC(n2cnc3ccc(Oc4c(F)ccc(NSC5CCCC5)c4C#N)cc3c2=O)C1. The second-order valence-corrected chi connectivity index (χ2v) is 11.5. The number of nitriles is 1. The topological polar surface area (TPSA) is 79.9 Å². The predicted octanol–water partition coefficient (Wildman–Crippen LogP) is 7.73. The lowest BCUT2D eigenvalue weighted by Crippen LogP contribution is -2.41. The molecule has 2 saturated carbocycles. The summed E-state index contributed by atoms with van der Waals surface area (Å²) in [5.41, 5.74) is 1.39. The van der Waals surface area contributed by atoms with E-state index in [0.29, 0.717) is 33.0 Å². The normalized spacial score (nSPS) is 21.5. The largest absolute Gasteiger partial charge is 0.453 e. The first-order chi connectivity index (χ1) is 18.0. The van der Waals surface area contributed by atoms with Crippen LogP contribution in [0.25, 0.3) is 10.9 Å². The van der Waals surface area contributed by atoms with Gasteiger partial charge < -0.3 is 9.46 Å². The van der Waals surface area contributed by atoms with Gasteiger partial charge in [0.05, 0.1) is 22.9 Å². The van der Waals surface area contributed by atoms with E-state index in [1.54, 1.807) is 47.1 Å². The van der Waals surface area contributed by atoms with E-state index < -0.39 is 5.82 Å². The van der Waals surface area contributed by atoms with Crippen molar-refractivity contribution in [1.29, 1.82) is 5.26 Å². The number of ether oxygens (including phenoxy) is 1. The third kappa shape index (κ3) is 5.06. The summed E-state index contributed by atoms with van der Waals surface area (Å²) < 4.78 is 25.7. The molecule has 2 fully saturated rings. The van der Waals surface area contributed by atoms with Crippen molar-refractivity contribution in [2.24, 2.45) is 5.41 Å². The number of hydrogen-bond donors (Lipinski definition) is 1. The Kier molecular flexibility index (Phi) is 7.43. The number of anilines is 1. The maximum atomic E-state index is 14.8.